The van der Waals surface area contributed by atoms with Gasteiger partial charge in [0.25, 0.3) is 0 Å². The molecule has 3 fully saturated rings. The van der Waals surface area contributed by atoms with Gasteiger partial charge in [-0.1, -0.05) is 25.7 Å². The fourth-order valence-corrected chi connectivity index (χ4v) is 5.39. The summed E-state index contributed by atoms with van der Waals surface area (Å²) in [5.74, 6) is 2.09. The Morgan fingerprint density at radius 2 is 1.63 bits per heavy atom. The van der Waals surface area contributed by atoms with Crippen LogP contribution in [0.15, 0.2) is 0 Å². The molecule has 0 aromatic carbocycles. The third kappa shape index (κ3) is 3.00. The first-order chi connectivity index (χ1) is 9.28. The summed E-state index contributed by atoms with van der Waals surface area (Å²) in [6.45, 7) is 3.33. The number of hydrogen-bond acceptors (Lipinski definition) is 2. The molecule has 2 heteroatoms. The molecule has 1 unspecified atom stereocenters. The van der Waals surface area contributed by atoms with E-state index in [2.05, 4.69) is 11.8 Å². The molecule has 2 N–H and O–H groups in total. The van der Waals surface area contributed by atoms with E-state index in [0.29, 0.717) is 0 Å². The van der Waals surface area contributed by atoms with Crippen LogP contribution in [0.5, 0.6) is 0 Å². The Balaban J connectivity index is 1.70. The minimum Gasteiger partial charge on any atom is -0.330 e. The maximum Gasteiger partial charge on any atom is 0.0113 e. The molecule has 5 atom stereocenters. The van der Waals surface area contributed by atoms with E-state index in [9.17, 15) is 0 Å². The second-order valence-corrected chi connectivity index (χ2v) is 7.48. The van der Waals surface area contributed by atoms with Gasteiger partial charge in [-0.3, -0.25) is 4.90 Å². The summed E-state index contributed by atoms with van der Waals surface area (Å²) in [5.41, 5.74) is 5.86. The maximum atomic E-state index is 5.86. The lowest BCUT2D eigenvalue weighted by Crippen LogP contribution is -2.54. The molecule has 3 aliphatic rings. The normalized spacial score (nSPS) is 44.2. The Morgan fingerprint density at radius 1 is 0.947 bits per heavy atom. The van der Waals surface area contributed by atoms with Crippen LogP contribution < -0.4 is 5.73 Å². The highest BCUT2D eigenvalue weighted by Gasteiger charge is 2.39. The molecule has 1 saturated heterocycles. The monoisotopic (exact) mass is 264 g/mol. The van der Waals surface area contributed by atoms with Gasteiger partial charge in [-0.05, 0) is 63.8 Å². The summed E-state index contributed by atoms with van der Waals surface area (Å²) in [6, 6.07) is 2.47. The van der Waals surface area contributed by atoms with Gasteiger partial charge in [0.05, 0.1) is 0 Å². The highest BCUT2D eigenvalue weighted by atomic mass is 15.2. The summed E-state index contributed by atoms with van der Waals surface area (Å²) < 4.78 is 0. The van der Waals surface area contributed by atoms with Gasteiger partial charge in [-0.15, -0.1) is 0 Å². The van der Waals surface area contributed by atoms with Crippen molar-refractivity contribution in [3.8, 4) is 0 Å². The predicted molar refractivity (Wildman–Crippen MR) is 81.1 cm³/mol. The molecule has 0 radical (unpaired) electrons. The molecule has 2 saturated carbocycles. The number of hydrogen-bond donors (Lipinski definition) is 1. The molecule has 0 spiro atoms. The number of nitrogens with zero attached hydrogens (tertiary/aromatic N) is 1. The average molecular weight is 264 g/mol. The van der Waals surface area contributed by atoms with Crippen LogP contribution in [0.4, 0.5) is 0 Å². The topological polar surface area (TPSA) is 29.3 Å². The minimum absolute atomic E-state index is 0.789. The summed E-state index contributed by atoms with van der Waals surface area (Å²) in [7, 11) is 0. The standard InChI is InChI=1S/C17H32N2/c1-13-4-2-7-16(8-9-18)19(13)17-11-14-5-3-6-15(10-14)12-17/h13-17H,2-12,18H2,1H3/t13-,14-,15+,16-,17?/m0/s1. The van der Waals surface area contributed by atoms with E-state index >= 15 is 0 Å². The fourth-order valence-electron chi connectivity index (χ4n) is 5.39. The highest BCUT2D eigenvalue weighted by Crippen LogP contribution is 2.43. The molecule has 0 amide bonds. The van der Waals surface area contributed by atoms with Gasteiger partial charge in [0.2, 0.25) is 0 Å². The van der Waals surface area contributed by atoms with Gasteiger partial charge < -0.3 is 5.73 Å². The molecule has 3 rings (SSSR count). The third-order valence-electron chi connectivity index (χ3n) is 6.11. The first kappa shape index (κ1) is 13.9. The predicted octanol–water partition coefficient (Wildman–Crippen LogP) is 3.55. The van der Waals surface area contributed by atoms with Crippen molar-refractivity contribution in [2.45, 2.75) is 89.3 Å². The van der Waals surface area contributed by atoms with Crippen molar-refractivity contribution in [2.75, 3.05) is 6.54 Å². The van der Waals surface area contributed by atoms with Crippen molar-refractivity contribution in [2.24, 2.45) is 17.6 Å². The number of nitrogens with two attached hydrogens (primary N) is 1. The molecule has 1 aliphatic heterocycles. The van der Waals surface area contributed by atoms with E-state index in [-0.39, 0.29) is 0 Å². The zero-order valence-electron chi connectivity index (χ0n) is 12.7. The van der Waals surface area contributed by atoms with Crippen LogP contribution in [0.3, 0.4) is 0 Å². The first-order valence-corrected chi connectivity index (χ1v) is 8.75. The first-order valence-electron chi connectivity index (χ1n) is 8.75. The molecule has 2 aliphatic carbocycles. The Kier molecular flexibility index (Phi) is 4.48. The van der Waals surface area contributed by atoms with Crippen LogP contribution in [0.2, 0.25) is 0 Å². The Labute approximate surface area is 119 Å². The van der Waals surface area contributed by atoms with E-state index in [1.165, 1.54) is 57.8 Å². The van der Waals surface area contributed by atoms with Gasteiger partial charge in [0.1, 0.15) is 0 Å². The van der Waals surface area contributed by atoms with Crippen molar-refractivity contribution in [1.29, 1.82) is 0 Å². The van der Waals surface area contributed by atoms with Crippen LogP contribution in [0, 0.1) is 11.8 Å². The largest absolute Gasteiger partial charge is 0.330 e. The summed E-state index contributed by atoms with van der Waals surface area (Å²) in [4.78, 5) is 2.92. The zero-order valence-corrected chi connectivity index (χ0v) is 12.7. The summed E-state index contributed by atoms with van der Waals surface area (Å²) in [6.07, 6.45) is 14.5. The van der Waals surface area contributed by atoms with Crippen molar-refractivity contribution in [1.82, 2.24) is 4.90 Å². The van der Waals surface area contributed by atoms with Gasteiger partial charge in [-0.2, -0.15) is 0 Å². The van der Waals surface area contributed by atoms with Crippen LogP contribution in [0.1, 0.15) is 71.1 Å². The molecule has 0 aromatic heterocycles. The van der Waals surface area contributed by atoms with Gasteiger partial charge in [-0.25, -0.2) is 0 Å². The lowest BCUT2D eigenvalue weighted by atomic mass is 9.69. The Hall–Kier alpha value is -0.0800. The van der Waals surface area contributed by atoms with Crippen molar-refractivity contribution in [3.63, 3.8) is 0 Å². The second-order valence-electron chi connectivity index (χ2n) is 7.48. The highest BCUT2D eigenvalue weighted by molar-refractivity contribution is 4.93. The van der Waals surface area contributed by atoms with E-state index in [4.69, 9.17) is 5.73 Å². The van der Waals surface area contributed by atoms with Crippen LogP contribution in [0.25, 0.3) is 0 Å². The average Bonchev–Trinajstić information content (AvgIpc) is 2.38. The van der Waals surface area contributed by atoms with Crippen LogP contribution in [-0.2, 0) is 0 Å². The molecular weight excluding hydrogens is 232 g/mol. The molecular formula is C17H32N2. The lowest BCUT2D eigenvalue weighted by molar-refractivity contribution is -0.00704. The Morgan fingerprint density at radius 3 is 2.32 bits per heavy atom. The van der Waals surface area contributed by atoms with E-state index in [0.717, 1.165) is 36.5 Å². The molecule has 110 valence electrons. The van der Waals surface area contributed by atoms with Gasteiger partial charge >= 0.3 is 0 Å². The molecule has 2 bridgehead atoms. The van der Waals surface area contributed by atoms with Crippen LogP contribution >= 0.6 is 0 Å². The molecule has 19 heavy (non-hydrogen) atoms. The number of likely N-dealkylation sites (tertiary alicyclic amines) is 1. The summed E-state index contributed by atoms with van der Waals surface area (Å²) in [5, 5.41) is 0. The van der Waals surface area contributed by atoms with E-state index in [1.807, 2.05) is 0 Å². The number of fused-ring (bicyclic) bond motifs is 2. The maximum absolute atomic E-state index is 5.86. The van der Waals surface area contributed by atoms with Crippen molar-refractivity contribution < 1.29 is 0 Å². The fraction of sp³-hybridized carbons (Fsp3) is 1.00. The third-order valence-corrected chi connectivity index (χ3v) is 6.11. The van der Waals surface area contributed by atoms with Crippen LogP contribution in [-0.4, -0.2) is 29.6 Å². The quantitative estimate of drug-likeness (QED) is 0.844. The zero-order chi connectivity index (χ0) is 13.2. The molecule has 0 aromatic rings. The van der Waals surface area contributed by atoms with E-state index in [1.54, 1.807) is 6.42 Å². The van der Waals surface area contributed by atoms with Gasteiger partial charge in [0, 0.05) is 18.1 Å². The van der Waals surface area contributed by atoms with Crippen molar-refractivity contribution in [3.05, 3.63) is 0 Å². The smallest absolute Gasteiger partial charge is 0.0113 e. The van der Waals surface area contributed by atoms with Crippen molar-refractivity contribution >= 4 is 0 Å². The minimum atomic E-state index is 0.789. The van der Waals surface area contributed by atoms with E-state index < -0.39 is 0 Å². The lowest BCUT2D eigenvalue weighted by Gasteiger charge is -2.50. The van der Waals surface area contributed by atoms with Gasteiger partial charge in [0.15, 0.2) is 0 Å². The molecule has 1 heterocycles. The molecule has 2 nitrogen and oxygen atoms in total. The SMILES string of the molecule is C[C@H]1CCC[C@@H](CCN)N1C1C[C@H]2CCC[C@@H](C1)C2. The number of piperidine rings is 1. The number of rotatable bonds is 3. The summed E-state index contributed by atoms with van der Waals surface area (Å²) >= 11 is 0. The Bertz CT molecular complexity index is 277. The second kappa shape index (κ2) is 6.13.